The van der Waals surface area contributed by atoms with Crippen LogP contribution in [0.4, 0.5) is 0 Å². The first-order chi connectivity index (χ1) is 11.2. The molecular formula is C21H36N3Ta-3. The van der Waals surface area contributed by atoms with Crippen molar-refractivity contribution in [3.05, 3.63) is 65.9 Å². The molecule has 0 saturated heterocycles. The molecule has 0 saturated carbocycles. The van der Waals surface area contributed by atoms with Crippen LogP contribution in [0.1, 0.15) is 67.9 Å². The normalized spacial score (nSPS) is 11.5. The molecule has 0 bridgehead atoms. The van der Waals surface area contributed by atoms with E-state index < -0.39 is 0 Å². The van der Waals surface area contributed by atoms with Crippen LogP contribution in [0, 0.1) is 6.92 Å². The van der Waals surface area contributed by atoms with Crippen LogP contribution in [0.2, 0.25) is 0 Å². The molecule has 0 aliphatic carbocycles. The molecule has 143 valence electrons. The van der Waals surface area contributed by atoms with Gasteiger partial charge in [-0.3, -0.25) is 0 Å². The Morgan fingerprint density at radius 1 is 0.800 bits per heavy atom. The predicted molar refractivity (Wildman–Crippen MR) is 108 cm³/mol. The first kappa shape index (κ1) is 26.2. The number of hydrogen-bond acceptors (Lipinski definition) is 1. The summed E-state index contributed by atoms with van der Waals surface area (Å²) < 4.78 is 4.13. The van der Waals surface area contributed by atoms with E-state index in [4.69, 9.17) is 0 Å². The summed E-state index contributed by atoms with van der Waals surface area (Å²) in [5.74, 6) is 0. The van der Waals surface area contributed by atoms with Crippen molar-refractivity contribution in [2.24, 2.45) is 3.34 Å². The van der Waals surface area contributed by atoms with E-state index in [1.54, 1.807) is 12.4 Å². The van der Waals surface area contributed by atoms with Crippen molar-refractivity contribution in [3.63, 3.8) is 0 Å². The van der Waals surface area contributed by atoms with E-state index in [0.29, 0.717) is 0 Å². The van der Waals surface area contributed by atoms with Crippen molar-refractivity contribution in [2.75, 3.05) is 0 Å². The van der Waals surface area contributed by atoms with Crippen LogP contribution in [0.15, 0.2) is 46.1 Å². The summed E-state index contributed by atoms with van der Waals surface area (Å²) in [7, 11) is 0. The summed E-state index contributed by atoms with van der Waals surface area (Å²) in [6.07, 6.45) is 3.54. The summed E-state index contributed by atoms with van der Waals surface area (Å²) in [6, 6.07) is 9.87. The molecule has 0 radical (unpaired) electrons. The maximum absolute atomic E-state index is 4.29. The fraction of sp³-hybridized carbons (Fsp3) is 0.571. The van der Waals surface area contributed by atoms with E-state index in [1.165, 1.54) is 0 Å². The molecule has 25 heavy (non-hydrogen) atoms. The smallest absolute Gasteiger partial charge is 0.0866 e. The summed E-state index contributed by atoms with van der Waals surface area (Å²) in [4.78, 5) is 0. The second-order valence-corrected chi connectivity index (χ2v) is 9.37. The molecule has 0 amide bonds. The van der Waals surface area contributed by atoms with Gasteiger partial charge in [0, 0.05) is 0 Å². The van der Waals surface area contributed by atoms with Crippen molar-refractivity contribution in [1.82, 2.24) is 0 Å². The molecule has 0 atom stereocenters. The zero-order valence-corrected chi connectivity index (χ0v) is 20.8. The van der Waals surface area contributed by atoms with Crippen molar-refractivity contribution in [3.8, 4) is 0 Å². The van der Waals surface area contributed by atoms with Gasteiger partial charge < -0.3 is 10.6 Å². The second-order valence-electron chi connectivity index (χ2n) is 8.65. The molecule has 0 unspecified atom stereocenters. The van der Waals surface area contributed by atoms with Gasteiger partial charge in [-0.15, -0.1) is 23.2 Å². The van der Waals surface area contributed by atoms with Crippen LogP contribution >= 0.6 is 0 Å². The van der Waals surface area contributed by atoms with Gasteiger partial charge in [-0.2, -0.15) is 24.6 Å². The van der Waals surface area contributed by atoms with E-state index in [2.05, 4.69) is 83.2 Å². The standard InChI is InChI=1S/C10H20N2.C7H7.C4H9N.Ta/c1-9(2,3)11-7-8-12-10(4,5)6;1-7-5-3-2-4-6-7;1-4(2,3)5;/h7-8H,1-6H3;2-6H,1H2;1-3H3;/q-2;-1;;. The maximum atomic E-state index is 4.29. The second kappa shape index (κ2) is 12.3. The average molecular weight is 511 g/mol. The molecular weight excluding hydrogens is 475 g/mol. The zero-order chi connectivity index (χ0) is 20.1. The van der Waals surface area contributed by atoms with E-state index in [0.717, 1.165) is 26.5 Å². The summed E-state index contributed by atoms with van der Waals surface area (Å²) >= 11 is 1.15. The average Bonchev–Trinajstić information content (AvgIpc) is 2.43. The molecule has 0 aliphatic heterocycles. The van der Waals surface area contributed by atoms with Crippen LogP contribution < -0.4 is 0 Å². The first-order valence-electron chi connectivity index (χ1n) is 8.48. The number of benzene rings is 1. The molecule has 0 aromatic heterocycles. The monoisotopic (exact) mass is 511 g/mol. The topological polar surface area (TPSA) is 40.6 Å². The minimum Gasteiger partial charge on any atom is -0.199 e. The van der Waals surface area contributed by atoms with Gasteiger partial charge in [0.15, 0.2) is 0 Å². The van der Waals surface area contributed by atoms with Crippen molar-refractivity contribution < 1.29 is 20.9 Å². The van der Waals surface area contributed by atoms with Crippen LogP contribution in [0.5, 0.6) is 0 Å². The SMILES string of the molecule is CC(C)(C)[N-]C=C[N-]C(C)(C)C.CC(C)(C)[N]=[Ta].[CH2-]c1ccccc1. The Bertz CT molecular complexity index is 457. The maximum Gasteiger partial charge on any atom is -0.0866 e. The molecule has 0 aliphatic rings. The summed E-state index contributed by atoms with van der Waals surface area (Å²) in [5, 5.41) is 8.57. The predicted octanol–water partition coefficient (Wildman–Crippen LogP) is 7.19. The molecule has 0 fully saturated rings. The van der Waals surface area contributed by atoms with Gasteiger partial charge >= 0.3 is 50.5 Å². The Balaban J connectivity index is 0. The van der Waals surface area contributed by atoms with Crippen LogP contribution in [0.3, 0.4) is 0 Å². The molecule has 1 rings (SSSR count). The third kappa shape index (κ3) is 28.1. The van der Waals surface area contributed by atoms with Gasteiger partial charge in [0.1, 0.15) is 0 Å². The van der Waals surface area contributed by atoms with Gasteiger partial charge in [-0.25, -0.2) is 12.4 Å². The zero-order valence-electron chi connectivity index (χ0n) is 17.5. The Kier molecular flexibility index (Phi) is 12.9. The van der Waals surface area contributed by atoms with Gasteiger partial charge in [0.2, 0.25) is 0 Å². The number of hydrogen-bond donors (Lipinski definition) is 0. The minimum atomic E-state index is 0.00387. The van der Waals surface area contributed by atoms with E-state index in [1.807, 2.05) is 30.3 Å². The van der Waals surface area contributed by atoms with Crippen molar-refractivity contribution >= 4 is 0 Å². The van der Waals surface area contributed by atoms with E-state index in [9.17, 15) is 0 Å². The molecule has 0 heterocycles. The first-order valence-corrected chi connectivity index (χ1v) is 9.92. The van der Waals surface area contributed by atoms with E-state index >= 15 is 0 Å². The van der Waals surface area contributed by atoms with Gasteiger partial charge in [0.05, 0.1) is 0 Å². The summed E-state index contributed by atoms with van der Waals surface area (Å²) in [6.45, 7) is 22.4. The quantitative estimate of drug-likeness (QED) is 0.377. The molecule has 0 spiro atoms. The largest absolute Gasteiger partial charge is 0.199 e. The number of rotatable bonds is 2. The molecule has 3 nitrogen and oxygen atoms in total. The Morgan fingerprint density at radius 2 is 1.12 bits per heavy atom. The summed E-state index contributed by atoms with van der Waals surface area (Å²) in [5.41, 5.74) is 1.30. The van der Waals surface area contributed by atoms with Gasteiger partial charge in [-0.1, -0.05) is 47.6 Å². The third-order valence-corrected chi connectivity index (χ3v) is 4.29. The Morgan fingerprint density at radius 3 is 1.28 bits per heavy atom. The minimum absolute atomic E-state index is 0.00387. The van der Waals surface area contributed by atoms with E-state index in [-0.39, 0.29) is 16.6 Å². The van der Waals surface area contributed by atoms with Gasteiger partial charge in [-0.05, 0) is 0 Å². The molecule has 1 aromatic rings. The van der Waals surface area contributed by atoms with Crippen LogP contribution in [-0.4, -0.2) is 16.6 Å². The molecule has 0 N–H and O–H groups in total. The number of nitrogens with zero attached hydrogens (tertiary/aromatic N) is 3. The Hall–Kier alpha value is -1.03. The fourth-order valence-corrected chi connectivity index (χ4v) is 0.992. The van der Waals surface area contributed by atoms with Crippen LogP contribution in [-0.2, 0) is 20.9 Å². The van der Waals surface area contributed by atoms with Gasteiger partial charge in [0.25, 0.3) is 0 Å². The third-order valence-electron chi connectivity index (χ3n) is 2.13. The molecule has 1 aromatic carbocycles. The van der Waals surface area contributed by atoms with Crippen LogP contribution in [0.25, 0.3) is 10.6 Å². The van der Waals surface area contributed by atoms with Crippen molar-refractivity contribution in [1.29, 1.82) is 0 Å². The van der Waals surface area contributed by atoms with Crippen molar-refractivity contribution in [2.45, 2.75) is 78.9 Å². The molecule has 4 heteroatoms. The Labute approximate surface area is 168 Å². The fourth-order valence-electron chi connectivity index (χ4n) is 0.992.